The number of ether oxygens (including phenoxy) is 1. The number of sulfonamides is 1. The van der Waals surface area contributed by atoms with Crippen LogP contribution in [0.4, 0.5) is 11.4 Å². The quantitative estimate of drug-likeness (QED) is 0.486. The number of para-hydroxylation sites is 1. The minimum atomic E-state index is -4.05. The molecule has 0 amide bonds. The summed E-state index contributed by atoms with van der Waals surface area (Å²) in [5.41, 5.74) is 0.419. The molecule has 0 aromatic heterocycles. The van der Waals surface area contributed by atoms with Crippen LogP contribution >= 0.6 is 11.6 Å². The molecule has 1 fully saturated rings. The molecule has 0 aliphatic carbocycles. The first-order valence-corrected chi connectivity index (χ1v) is 10.9. The molecular weight excluding hydrogens is 418 g/mol. The van der Waals surface area contributed by atoms with E-state index in [0.29, 0.717) is 31.0 Å². The highest BCUT2D eigenvalue weighted by Crippen LogP contribution is 2.33. The molecule has 0 radical (unpaired) electrons. The van der Waals surface area contributed by atoms with Crippen LogP contribution in [0.1, 0.15) is 5.56 Å². The van der Waals surface area contributed by atoms with E-state index in [1.165, 1.54) is 10.4 Å². The summed E-state index contributed by atoms with van der Waals surface area (Å²) in [5.74, 6) is 0. The molecule has 2 aromatic carbocycles. The summed E-state index contributed by atoms with van der Waals surface area (Å²) in [5, 5.41) is 11.2. The summed E-state index contributed by atoms with van der Waals surface area (Å²) >= 11 is 5.94. The van der Waals surface area contributed by atoms with Crippen molar-refractivity contribution < 1.29 is 18.1 Å². The van der Waals surface area contributed by atoms with Crippen LogP contribution in [0.2, 0.25) is 5.02 Å². The Bertz CT molecular complexity index is 979. The highest BCUT2D eigenvalue weighted by molar-refractivity contribution is 7.92. The first-order valence-electron chi connectivity index (χ1n) is 9.13. The van der Waals surface area contributed by atoms with Crippen LogP contribution in [0.15, 0.2) is 47.4 Å². The molecule has 0 spiro atoms. The Kier molecular flexibility index (Phi) is 6.74. The second kappa shape index (κ2) is 9.08. The van der Waals surface area contributed by atoms with Crippen molar-refractivity contribution in [3.63, 3.8) is 0 Å². The molecule has 0 saturated carbocycles. The van der Waals surface area contributed by atoms with Gasteiger partial charge in [0.05, 0.1) is 28.7 Å². The lowest BCUT2D eigenvalue weighted by Crippen LogP contribution is -2.43. The zero-order valence-corrected chi connectivity index (χ0v) is 17.5. The number of nitrogens with zero attached hydrogens (tertiary/aromatic N) is 3. The summed E-state index contributed by atoms with van der Waals surface area (Å²) in [6, 6.07) is 11.1. The van der Waals surface area contributed by atoms with Gasteiger partial charge >= 0.3 is 0 Å². The maximum atomic E-state index is 13.5. The fraction of sp³-hybridized carbons (Fsp3) is 0.368. The van der Waals surface area contributed by atoms with Gasteiger partial charge in [-0.15, -0.1) is 0 Å². The second-order valence-corrected chi connectivity index (χ2v) is 8.93. The predicted molar refractivity (Wildman–Crippen MR) is 111 cm³/mol. The number of aryl methyl sites for hydroxylation is 1. The highest BCUT2D eigenvalue weighted by atomic mass is 35.5. The number of anilines is 1. The summed E-state index contributed by atoms with van der Waals surface area (Å²) in [4.78, 5) is 12.6. The maximum absolute atomic E-state index is 13.5. The van der Waals surface area contributed by atoms with Gasteiger partial charge in [0.1, 0.15) is 5.02 Å². The number of morpholine rings is 1. The zero-order chi connectivity index (χ0) is 21.0. The van der Waals surface area contributed by atoms with Gasteiger partial charge in [-0.3, -0.25) is 19.3 Å². The minimum Gasteiger partial charge on any atom is -0.379 e. The third-order valence-electron chi connectivity index (χ3n) is 4.78. The smallest absolute Gasteiger partial charge is 0.289 e. The molecule has 0 unspecified atom stereocenters. The molecule has 1 saturated heterocycles. The lowest BCUT2D eigenvalue weighted by Gasteiger charge is -2.31. The third kappa shape index (κ3) is 4.87. The molecule has 2 aromatic rings. The fourth-order valence-electron chi connectivity index (χ4n) is 3.22. The van der Waals surface area contributed by atoms with Gasteiger partial charge in [-0.25, -0.2) is 8.42 Å². The molecule has 3 rings (SSSR count). The molecular formula is C19H22ClN3O5S. The monoisotopic (exact) mass is 439 g/mol. The molecule has 1 heterocycles. The number of benzene rings is 2. The van der Waals surface area contributed by atoms with Crippen molar-refractivity contribution in [2.24, 2.45) is 0 Å². The Labute approximate surface area is 174 Å². The van der Waals surface area contributed by atoms with E-state index in [-0.39, 0.29) is 16.5 Å². The highest BCUT2D eigenvalue weighted by Gasteiger charge is 2.30. The second-order valence-electron chi connectivity index (χ2n) is 6.69. The van der Waals surface area contributed by atoms with Crippen molar-refractivity contribution in [1.82, 2.24) is 4.90 Å². The van der Waals surface area contributed by atoms with Crippen molar-refractivity contribution >= 4 is 33.0 Å². The van der Waals surface area contributed by atoms with Crippen molar-refractivity contribution in [2.45, 2.75) is 11.8 Å². The Morgan fingerprint density at radius 3 is 2.48 bits per heavy atom. The number of rotatable bonds is 7. The number of nitro benzene ring substituents is 1. The van der Waals surface area contributed by atoms with Gasteiger partial charge in [0.2, 0.25) is 0 Å². The van der Waals surface area contributed by atoms with Crippen LogP contribution in [-0.2, 0) is 14.8 Å². The van der Waals surface area contributed by atoms with Crippen molar-refractivity contribution in [1.29, 1.82) is 0 Å². The Hall–Kier alpha value is -2.20. The largest absolute Gasteiger partial charge is 0.379 e. The number of hydrogen-bond acceptors (Lipinski definition) is 6. The normalized spacial score (nSPS) is 15.2. The lowest BCUT2D eigenvalue weighted by atomic mass is 10.2. The van der Waals surface area contributed by atoms with E-state index in [1.54, 1.807) is 37.3 Å². The van der Waals surface area contributed by atoms with Crippen molar-refractivity contribution in [2.75, 3.05) is 43.7 Å². The molecule has 0 bridgehead atoms. The van der Waals surface area contributed by atoms with Gasteiger partial charge in [-0.1, -0.05) is 29.8 Å². The molecule has 156 valence electrons. The van der Waals surface area contributed by atoms with Gasteiger partial charge < -0.3 is 4.74 Å². The predicted octanol–water partition coefficient (Wildman–Crippen LogP) is 3.08. The summed E-state index contributed by atoms with van der Waals surface area (Å²) in [6.45, 7) is 4.99. The standard InChI is InChI=1S/C19H22ClN3O5S/c1-15-13-17(20)18(23(24)25)14-19(15)29(26,27)22(16-5-3-2-4-6-16)8-7-21-9-11-28-12-10-21/h2-6,13-14H,7-12H2,1H3. The first-order chi connectivity index (χ1) is 13.8. The summed E-state index contributed by atoms with van der Waals surface area (Å²) in [7, 11) is -4.05. The average Bonchev–Trinajstić information content (AvgIpc) is 2.69. The van der Waals surface area contributed by atoms with Crippen LogP contribution in [0.25, 0.3) is 0 Å². The van der Waals surface area contributed by atoms with Crippen LogP contribution in [0.3, 0.4) is 0 Å². The van der Waals surface area contributed by atoms with Gasteiger partial charge in [-0.05, 0) is 30.7 Å². The molecule has 0 N–H and O–H groups in total. The number of halogens is 1. The maximum Gasteiger partial charge on any atom is 0.289 e. The Balaban J connectivity index is 2.00. The van der Waals surface area contributed by atoms with E-state index >= 15 is 0 Å². The SMILES string of the molecule is Cc1cc(Cl)c([N+](=O)[O-])cc1S(=O)(=O)N(CCN1CCOCC1)c1ccccc1. The van der Waals surface area contributed by atoms with E-state index in [4.69, 9.17) is 16.3 Å². The van der Waals surface area contributed by atoms with Crippen molar-refractivity contribution in [3.8, 4) is 0 Å². The fourth-order valence-corrected chi connectivity index (χ4v) is 5.19. The van der Waals surface area contributed by atoms with Crippen LogP contribution < -0.4 is 4.31 Å². The van der Waals surface area contributed by atoms with Crippen molar-refractivity contribution in [3.05, 3.63) is 63.2 Å². The third-order valence-corrected chi connectivity index (χ3v) is 7.05. The van der Waals surface area contributed by atoms with Crippen LogP contribution in [0.5, 0.6) is 0 Å². The molecule has 29 heavy (non-hydrogen) atoms. The minimum absolute atomic E-state index is 0.0916. The van der Waals surface area contributed by atoms with E-state index in [0.717, 1.165) is 19.2 Å². The first kappa shape index (κ1) is 21.5. The van der Waals surface area contributed by atoms with Gasteiger partial charge in [-0.2, -0.15) is 0 Å². The average molecular weight is 440 g/mol. The Morgan fingerprint density at radius 1 is 1.21 bits per heavy atom. The molecule has 1 aliphatic rings. The topological polar surface area (TPSA) is 93.0 Å². The van der Waals surface area contributed by atoms with Crippen LogP contribution in [-0.4, -0.2) is 57.6 Å². The number of hydrogen-bond donors (Lipinski definition) is 0. The van der Waals surface area contributed by atoms with E-state index in [9.17, 15) is 18.5 Å². The zero-order valence-electron chi connectivity index (χ0n) is 16.0. The molecule has 8 nitrogen and oxygen atoms in total. The molecule has 10 heteroatoms. The van der Waals surface area contributed by atoms with E-state index < -0.39 is 20.6 Å². The molecule has 1 aliphatic heterocycles. The van der Waals surface area contributed by atoms with Gasteiger partial charge in [0, 0.05) is 32.2 Å². The van der Waals surface area contributed by atoms with E-state index in [2.05, 4.69) is 4.90 Å². The van der Waals surface area contributed by atoms with Gasteiger partial charge in [0.25, 0.3) is 15.7 Å². The van der Waals surface area contributed by atoms with Crippen LogP contribution in [0, 0.1) is 17.0 Å². The Morgan fingerprint density at radius 2 is 1.86 bits per heavy atom. The molecule has 0 atom stereocenters. The van der Waals surface area contributed by atoms with Gasteiger partial charge in [0.15, 0.2) is 0 Å². The lowest BCUT2D eigenvalue weighted by molar-refractivity contribution is -0.384. The summed E-state index contributed by atoms with van der Waals surface area (Å²) in [6.07, 6.45) is 0. The summed E-state index contributed by atoms with van der Waals surface area (Å²) < 4.78 is 33.7. The van der Waals surface area contributed by atoms with E-state index in [1.807, 2.05) is 0 Å². The number of nitro groups is 1.